The third-order valence-electron chi connectivity index (χ3n) is 14.0. The van der Waals surface area contributed by atoms with E-state index in [0.29, 0.717) is 87.7 Å². The summed E-state index contributed by atoms with van der Waals surface area (Å²) < 4.78 is 290. The van der Waals surface area contributed by atoms with Crippen LogP contribution in [-0.4, -0.2) is 54.1 Å². The Hall–Kier alpha value is -3.81. The molecule has 4 aromatic carbocycles. The SMILES string of the molecule is CCCCCCc1cc2c3cc(CCCCCC)c(CCCC(F)(F)C(F)(F)C(F)(F)F)cc3c3cc(CCCC(F)(F)C(F)(F)C(F)(F)F)c(CCCCCC)cc3c2cc1CCCC(F)(F)C(F)(F)C(F)(F)F. The van der Waals surface area contributed by atoms with Crippen LogP contribution in [0.1, 0.15) is 170 Å². The molecule has 0 saturated carbocycles. The lowest BCUT2D eigenvalue weighted by atomic mass is 9.83. The molecule has 0 fully saturated rings. The summed E-state index contributed by atoms with van der Waals surface area (Å²) in [4.78, 5) is 0. The zero-order chi connectivity index (χ0) is 56.6. The second kappa shape index (κ2) is 24.9. The first-order valence-corrected chi connectivity index (χ1v) is 25.5. The van der Waals surface area contributed by atoms with E-state index in [9.17, 15) is 92.2 Å². The van der Waals surface area contributed by atoms with Gasteiger partial charge < -0.3 is 0 Å². The fraction of sp³-hybridized carbons (Fsp3) is 0.667. The molecular formula is C54H63F21. The smallest absolute Gasteiger partial charge is 0.200 e. The van der Waals surface area contributed by atoms with E-state index in [4.69, 9.17) is 0 Å². The average Bonchev–Trinajstić information content (AvgIpc) is 3.29. The van der Waals surface area contributed by atoms with E-state index in [1.54, 1.807) is 24.3 Å². The molecule has 426 valence electrons. The Balaban J connectivity index is 2.09. The van der Waals surface area contributed by atoms with Gasteiger partial charge in [0.2, 0.25) is 0 Å². The first-order valence-electron chi connectivity index (χ1n) is 25.5. The maximum absolute atomic E-state index is 14.6. The molecule has 0 aliphatic heterocycles. The second-order valence-corrected chi connectivity index (χ2v) is 19.8. The van der Waals surface area contributed by atoms with Gasteiger partial charge in [0.15, 0.2) is 0 Å². The number of rotatable bonds is 30. The van der Waals surface area contributed by atoms with Crippen LogP contribution in [0, 0.1) is 0 Å². The molecule has 0 aromatic heterocycles. The van der Waals surface area contributed by atoms with Crippen LogP contribution in [0.15, 0.2) is 36.4 Å². The lowest BCUT2D eigenvalue weighted by Crippen LogP contribution is -2.51. The van der Waals surface area contributed by atoms with E-state index in [1.165, 1.54) is 12.1 Å². The van der Waals surface area contributed by atoms with Gasteiger partial charge in [0.1, 0.15) is 0 Å². The number of hydrogen-bond donors (Lipinski definition) is 0. The van der Waals surface area contributed by atoms with Crippen molar-refractivity contribution in [1.82, 2.24) is 0 Å². The van der Waals surface area contributed by atoms with Crippen LogP contribution in [-0.2, 0) is 38.5 Å². The van der Waals surface area contributed by atoms with Gasteiger partial charge in [0.25, 0.3) is 0 Å². The van der Waals surface area contributed by atoms with Crippen molar-refractivity contribution in [1.29, 1.82) is 0 Å². The van der Waals surface area contributed by atoms with Crippen molar-refractivity contribution in [3.05, 3.63) is 69.8 Å². The second-order valence-electron chi connectivity index (χ2n) is 19.8. The largest absolute Gasteiger partial charge is 0.459 e. The van der Waals surface area contributed by atoms with Crippen LogP contribution in [0.3, 0.4) is 0 Å². The van der Waals surface area contributed by atoms with Crippen LogP contribution in [0.2, 0.25) is 0 Å². The number of hydrogen-bond acceptors (Lipinski definition) is 0. The van der Waals surface area contributed by atoms with Crippen molar-refractivity contribution in [3.8, 4) is 0 Å². The van der Waals surface area contributed by atoms with E-state index < -0.39 is 112 Å². The van der Waals surface area contributed by atoms with Gasteiger partial charge in [-0.25, -0.2) is 0 Å². The maximum Gasteiger partial charge on any atom is 0.459 e. The van der Waals surface area contributed by atoms with Gasteiger partial charge in [-0.1, -0.05) is 115 Å². The molecule has 4 aromatic rings. The predicted molar refractivity (Wildman–Crippen MR) is 249 cm³/mol. The number of alkyl halides is 21. The summed E-state index contributed by atoms with van der Waals surface area (Å²) >= 11 is 0. The molecule has 4 rings (SSSR count). The van der Waals surface area contributed by atoms with Gasteiger partial charge in [0.05, 0.1) is 0 Å². The molecule has 0 spiro atoms. The molecule has 0 aliphatic carbocycles. The monoisotopic (exact) mass is 1110 g/mol. The van der Waals surface area contributed by atoms with Crippen molar-refractivity contribution >= 4 is 32.3 Å². The zero-order valence-electron chi connectivity index (χ0n) is 41.9. The summed E-state index contributed by atoms with van der Waals surface area (Å²) in [5.41, 5.74) is 2.22. The van der Waals surface area contributed by atoms with Crippen LogP contribution in [0.5, 0.6) is 0 Å². The Morgan fingerprint density at radius 1 is 0.240 bits per heavy atom. The van der Waals surface area contributed by atoms with Gasteiger partial charge >= 0.3 is 54.1 Å². The van der Waals surface area contributed by atoms with Crippen molar-refractivity contribution < 1.29 is 92.2 Å². The lowest BCUT2D eigenvalue weighted by molar-refractivity contribution is -0.356. The minimum atomic E-state index is -6.59. The molecule has 75 heavy (non-hydrogen) atoms. The molecule has 0 unspecified atom stereocenters. The molecular weight excluding hydrogens is 1050 g/mol. The van der Waals surface area contributed by atoms with Gasteiger partial charge in [-0.2, -0.15) is 92.2 Å². The minimum absolute atomic E-state index is 0.212. The summed E-state index contributed by atoms with van der Waals surface area (Å²) in [5, 5.41) is 2.13. The first kappa shape index (κ1) is 63.7. The van der Waals surface area contributed by atoms with Gasteiger partial charge in [-0.15, -0.1) is 0 Å². The standard InChI is InChI=1S/C54H63F21/c1-4-7-10-13-19-34-28-40-41-29-35(20-14-11-8-5-2)38(23-17-26-47(57,58)50(63,64)53(70,71)72)32-44(41)45-33-39(24-18-27-48(59,60)51(65,66)54(73,74)75)36(21-15-12-9-6-3)30-42(45)43(40)31-37(34)22-16-25-46(55,56)49(61,62)52(67,68)69/h28-33H,4-27H2,1-3H3. The Morgan fingerprint density at radius 3 is 0.573 bits per heavy atom. The maximum atomic E-state index is 14.6. The number of fused-ring (bicyclic) bond motifs is 6. The third-order valence-corrected chi connectivity index (χ3v) is 14.0. The summed E-state index contributed by atoms with van der Waals surface area (Å²) in [7, 11) is 0. The zero-order valence-corrected chi connectivity index (χ0v) is 41.9. The normalized spacial score (nSPS) is 14.1. The molecule has 0 radical (unpaired) electrons. The highest BCUT2D eigenvalue weighted by atomic mass is 19.4. The van der Waals surface area contributed by atoms with Crippen molar-refractivity contribution in [2.24, 2.45) is 0 Å². The summed E-state index contributed by atoms with van der Waals surface area (Å²) in [5.74, 6) is -35.7. The van der Waals surface area contributed by atoms with Crippen molar-refractivity contribution in [2.45, 2.75) is 229 Å². The number of unbranched alkanes of at least 4 members (excludes halogenated alkanes) is 9. The average molecular weight is 1110 g/mol. The Labute approximate surface area is 422 Å². The minimum Gasteiger partial charge on any atom is -0.200 e. The van der Waals surface area contributed by atoms with Gasteiger partial charge in [0, 0.05) is 19.3 Å². The van der Waals surface area contributed by atoms with Crippen LogP contribution < -0.4 is 0 Å². The first-order chi connectivity index (χ1) is 34.5. The molecule has 0 nitrogen and oxygen atoms in total. The van der Waals surface area contributed by atoms with E-state index in [1.807, 2.05) is 20.8 Å². The molecule has 0 amide bonds. The highest BCUT2D eigenvalue weighted by molar-refractivity contribution is 6.26. The van der Waals surface area contributed by atoms with Crippen LogP contribution in [0.4, 0.5) is 92.2 Å². The molecule has 0 bridgehead atoms. The highest BCUT2D eigenvalue weighted by Gasteiger charge is 2.74. The fourth-order valence-electron chi connectivity index (χ4n) is 9.62. The highest BCUT2D eigenvalue weighted by Crippen LogP contribution is 2.52. The Bertz CT molecular complexity index is 2480. The molecule has 0 heterocycles. The molecule has 0 saturated heterocycles. The van der Waals surface area contributed by atoms with E-state index >= 15 is 0 Å². The Kier molecular flexibility index (Phi) is 21.1. The summed E-state index contributed by atoms with van der Waals surface area (Å²) in [6, 6.07) is 9.56. The van der Waals surface area contributed by atoms with E-state index in [2.05, 4.69) is 0 Å². The summed E-state index contributed by atoms with van der Waals surface area (Å²) in [6.45, 7) is 5.75. The Morgan fingerprint density at radius 2 is 0.413 bits per heavy atom. The van der Waals surface area contributed by atoms with Gasteiger partial charge in [-0.3, -0.25) is 0 Å². The number of benzene rings is 4. The molecule has 0 aliphatic rings. The van der Waals surface area contributed by atoms with E-state index in [0.717, 1.165) is 38.5 Å². The number of aryl methyl sites for hydroxylation is 6. The van der Waals surface area contributed by atoms with Crippen LogP contribution in [0.25, 0.3) is 32.3 Å². The topological polar surface area (TPSA) is 0 Å². The number of halogens is 21. The van der Waals surface area contributed by atoms with Crippen LogP contribution >= 0.6 is 0 Å². The fourth-order valence-corrected chi connectivity index (χ4v) is 9.62. The van der Waals surface area contributed by atoms with E-state index in [-0.39, 0.29) is 35.8 Å². The molecule has 0 N–H and O–H groups in total. The van der Waals surface area contributed by atoms with Gasteiger partial charge in [-0.05, 0) is 143 Å². The quantitative estimate of drug-likeness (QED) is 0.0277. The van der Waals surface area contributed by atoms with Crippen molar-refractivity contribution in [3.63, 3.8) is 0 Å². The molecule has 21 heteroatoms. The third kappa shape index (κ3) is 14.7. The van der Waals surface area contributed by atoms with Crippen molar-refractivity contribution in [2.75, 3.05) is 0 Å². The predicted octanol–water partition coefficient (Wildman–Crippen LogP) is 21.0. The molecule has 0 atom stereocenters. The lowest BCUT2D eigenvalue weighted by Gasteiger charge is -2.28. The summed E-state index contributed by atoms with van der Waals surface area (Å²) in [6.07, 6.45) is -20.6.